The minimum Gasteiger partial charge on any atom is -0.478 e. The van der Waals surface area contributed by atoms with Crippen molar-refractivity contribution in [3.8, 4) is 0 Å². The van der Waals surface area contributed by atoms with Gasteiger partial charge in [0.1, 0.15) is 0 Å². The zero-order chi connectivity index (χ0) is 16.1. The standard InChI is InChI=1S/C17H24N2O3/c1-12(2)11-19-8-4-7-15(19)10-18-16(20)13-5-3-6-14(9-13)17(21)22/h3,5-6,9,12,15H,4,7-8,10-11H2,1-2H3,(H,18,20)(H,21,22)/t15-/m1/s1. The number of rotatable bonds is 6. The molecular weight excluding hydrogens is 280 g/mol. The fourth-order valence-electron chi connectivity index (χ4n) is 2.94. The summed E-state index contributed by atoms with van der Waals surface area (Å²) in [7, 11) is 0. The van der Waals surface area contributed by atoms with Crippen molar-refractivity contribution in [1.82, 2.24) is 10.2 Å². The number of likely N-dealkylation sites (tertiary alicyclic amines) is 1. The summed E-state index contributed by atoms with van der Waals surface area (Å²) in [5.41, 5.74) is 0.531. The minimum absolute atomic E-state index is 0.134. The Bertz CT molecular complexity index is 542. The van der Waals surface area contributed by atoms with Crippen LogP contribution in [0.4, 0.5) is 0 Å². The van der Waals surface area contributed by atoms with E-state index in [9.17, 15) is 9.59 Å². The summed E-state index contributed by atoms with van der Waals surface area (Å²) in [6.07, 6.45) is 2.27. The fraction of sp³-hybridized carbons (Fsp3) is 0.529. The second-order valence-corrected chi connectivity index (χ2v) is 6.28. The summed E-state index contributed by atoms with van der Waals surface area (Å²) in [6, 6.07) is 6.52. The maximum Gasteiger partial charge on any atom is 0.335 e. The van der Waals surface area contributed by atoms with E-state index < -0.39 is 5.97 Å². The van der Waals surface area contributed by atoms with E-state index in [0.29, 0.717) is 24.1 Å². The first-order valence-corrected chi connectivity index (χ1v) is 7.83. The number of aromatic carboxylic acids is 1. The Morgan fingerprint density at radius 1 is 1.36 bits per heavy atom. The molecule has 1 aliphatic heterocycles. The number of carbonyl (C=O) groups is 2. The second-order valence-electron chi connectivity index (χ2n) is 6.28. The molecule has 0 unspecified atom stereocenters. The summed E-state index contributed by atoms with van der Waals surface area (Å²) in [5.74, 6) is -0.614. The molecule has 1 saturated heterocycles. The van der Waals surface area contributed by atoms with Gasteiger partial charge in [0.25, 0.3) is 5.91 Å². The first-order valence-electron chi connectivity index (χ1n) is 7.83. The number of carboxylic acid groups (broad SMARTS) is 1. The Kier molecular flexibility index (Phi) is 5.55. The number of nitrogens with one attached hydrogen (secondary N) is 1. The summed E-state index contributed by atoms with van der Waals surface area (Å²) in [4.78, 5) is 25.6. The van der Waals surface area contributed by atoms with Crippen LogP contribution in [0.5, 0.6) is 0 Å². The molecule has 5 heteroatoms. The first-order chi connectivity index (χ1) is 10.5. The maximum atomic E-state index is 12.2. The molecule has 120 valence electrons. The smallest absolute Gasteiger partial charge is 0.335 e. The van der Waals surface area contributed by atoms with Crippen LogP contribution in [0.1, 0.15) is 47.4 Å². The van der Waals surface area contributed by atoms with Gasteiger partial charge < -0.3 is 10.4 Å². The van der Waals surface area contributed by atoms with Gasteiger partial charge in [-0.1, -0.05) is 19.9 Å². The number of benzene rings is 1. The van der Waals surface area contributed by atoms with E-state index in [2.05, 4.69) is 24.1 Å². The van der Waals surface area contributed by atoms with Crippen molar-refractivity contribution in [2.45, 2.75) is 32.7 Å². The van der Waals surface area contributed by atoms with Gasteiger partial charge in [0.05, 0.1) is 5.56 Å². The molecule has 0 bridgehead atoms. The monoisotopic (exact) mass is 304 g/mol. The topological polar surface area (TPSA) is 69.6 Å². The van der Waals surface area contributed by atoms with Gasteiger partial charge in [0.15, 0.2) is 0 Å². The largest absolute Gasteiger partial charge is 0.478 e. The summed E-state index contributed by atoms with van der Waals surface area (Å²) in [5, 5.41) is 11.9. The van der Waals surface area contributed by atoms with Crippen molar-refractivity contribution in [3.63, 3.8) is 0 Å². The molecule has 1 aromatic carbocycles. The third-order valence-corrected chi connectivity index (χ3v) is 3.97. The maximum absolute atomic E-state index is 12.2. The molecule has 0 spiro atoms. The summed E-state index contributed by atoms with van der Waals surface area (Å²) in [6.45, 7) is 7.15. The highest BCUT2D eigenvalue weighted by Gasteiger charge is 2.25. The molecular formula is C17H24N2O3. The van der Waals surface area contributed by atoms with Crippen molar-refractivity contribution < 1.29 is 14.7 Å². The molecule has 0 aromatic heterocycles. The average Bonchev–Trinajstić information content (AvgIpc) is 2.91. The van der Waals surface area contributed by atoms with E-state index >= 15 is 0 Å². The van der Waals surface area contributed by atoms with Gasteiger partial charge >= 0.3 is 5.97 Å². The molecule has 2 N–H and O–H groups in total. The minimum atomic E-state index is -1.02. The van der Waals surface area contributed by atoms with E-state index in [1.807, 2.05) is 0 Å². The number of nitrogens with zero attached hydrogens (tertiary/aromatic N) is 1. The summed E-state index contributed by atoms with van der Waals surface area (Å²) >= 11 is 0. The number of hydrogen-bond donors (Lipinski definition) is 2. The van der Waals surface area contributed by atoms with Crippen LogP contribution in [0.25, 0.3) is 0 Å². The first kappa shape index (κ1) is 16.5. The molecule has 0 saturated carbocycles. The number of hydrogen-bond acceptors (Lipinski definition) is 3. The van der Waals surface area contributed by atoms with Gasteiger partial charge in [-0.15, -0.1) is 0 Å². The lowest BCUT2D eigenvalue weighted by molar-refractivity contribution is 0.0697. The number of amides is 1. The van der Waals surface area contributed by atoms with Crippen LogP contribution in [0.2, 0.25) is 0 Å². The van der Waals surface area contributed by atoms with Crippen molar-refractivity contribution in [3.05, 3.63) is 35.4 Å². The molecule has 2 rings (SSSR count). The zero-order valence-electron chi connectivity index (χ0n) is 13.2. The summed E-state index contributed by atoms with van der Waals surface area (Å²) < 4.78 is 0. The highest BCUT2D eigenvalue weighted by atomic mass is 16.4. The molecule has 1 fully saturated rings. The molecule has 5 nitrogen and oxygen atoms in total. The van der Waals surface area contributed by atoms with Crippen LogP contribution in [-0.2, 0) is 0 Å². The van der Waals surface area contributed by atoms with Crippen LogP contribution in [-0.4, -0.2) is 47.6 Å². The molecule has 0 aliphatic carbocycles. The normalized spacial score (nSPS) is 18.6. The molecule has 1 amide bonds. The van der Waals surface area contributed by atoms with Gasteiger partial charge in [0.2, 0.25) is 0 Å². The number of carbonyl (C=O) groups excluding carboxylic acids is 1. The third-order valence-electron chi connectivity index (χ3n) is 3.97. The Balaban J connectivity index is 1.92. The predicted octanol–water partition coefficient (Wildman–Crippen LogP) is 2.24. The van der Waals surface area contributed by atoms with Crippen LogP contribution in [0.3, 0.4) is 0 Å². The molecule has 0 radical (unpaired) electrons. The Morgan fingerprint density at radius 3 is 2.77 bits per heavy atom. The van der Waals surface area contributed by atoms with Gasteiger partial charge in [-0.3, -0.25) is 9.69 Å². The van der Waals surface area contributed by atoms with Gasteiger partial charge in [-0.25, -0.2) is 4.79 Å². The van der Waals surface area contributed by atoms with E-state index in [4.69, 9.17) is 5.11 Å². The van der Waals surface area contributed by atoms with Crippen molar-refractivity contribution >= 4 is 11.9 Å². The number of carboxylic acids is 1. The second kappa shape index (κ2) is 7.40. The van der Waals surface area contributed by atoms with E-state index in [1.54, 1.807) is 12.1 Å². The zero-order valence-corrected chi connectivity index (χ0v) is 13.2. The van der Waals surface area contributed by atoms with Gasteiger partial charge in [0, 0.05) is 24.7 Å². The lowest BCUT2D eigenvalue weighted by Crippen LogP contribution is -2.41. The molecule has 1 atom stereocenters. The lowest BCUT2D eigenvalue weighted by Gasteiger charge is -2.26. The van der Waals surface area contributed by atoms with Crippen LogP contribution in [0.15, 0.2) is 24.3 Å². The SMILES string of the molecule is CC(C)CN1CCC[C@@H]1CNC(=O)c1cccc(C(=O)O)c1. The molecule has 1 heterocycles. The van der Waals surface area contributed by atoms with Crippen molar-refractivity contribution in [2.24, 2.45) is 5.92 Å². The predicted molar refractivity (Wildman–Crippen MR) is 85.2 cm³/mol. The fourth-order valence-corrected chi connectivity index (χ4v) is 2.94. The van der Waals surface area contributed by atoms with Crippen LogP contribution >= 0.6 is 0 Å². The average molecular weight is 304 g/mol. The quantitative estimate of drug-likeness (QED) is 0.845. The van der Waals surface area contributed by atoms with Crippen molar-refractivity contribution in [2.75, 3.05) is 19.6 Å². The highest BCUT2D eigenvalue weighted by molar-refractivity contribution is 5.97. The Hall–Kier alpha value is -1.88. The van der Waals surface area contributed by atoms with Gasteiger partial charge in [-0.2, -0.15) is 0 Å². The van der Waals surface area contributed by atoms with E-state index in [0.717, 1.165) is 19.5 Å². The highest BCUT2D eigenvalue weighted by Crippen LogP contribution is 2.18. The third kappa shape index (κ3) is 4.31. The van der Waals surface area contributed by atoms with E-state index in [1.165, 1.54) is 18.6 Å². The Labute approximate surface area is 131 Å². The lowest BCUT2D eigenvalue weighted by atomic mass is 10.1. The van der Waals surface area contributed by atoms with Crippen molar-refractivity contribution in [1.29, 1.82) is 0 Å². The molecule has 22 heavy (non-hydrogen) atoms. The van der Waals surface area contributed by atoms with Crippen LogP contribution < -0.4 is 5.32 Å². The van der Waals surface area contributed by atoms with Gasteiger partial charge in [-0.05, 0) is 43.5 Å². The Morgan fingerprint density at radius 2 is 2.09 bits per heavy atom. The molecule has 1 aromatic rings. The van der Waals surface area contributed by atoms with E-state index in [-0.39, 0.29) is 11.5 Å². The molecule has 1 aliphatic rings. The van der Waals surface area contributed by atoms with Crippen LogP contribution in [0, 0.1) is 5.92 Å².